The van der Waals surface area contributed by atoms with Gasteiger partial charge in [0.1, 0.15) is 0 Å². The summed E-state index contributed by atoms with van der Waals surface area (Å²) in [7, 11) is 0. The quantitative estimate of drug-likeness (QED) is 0.200. The van der Waals surface area contributed by atoms with Gasteiger partial charge in [-0.2, -0.15) is 0 Å². The number of hydrogen-bond donors (Lipinski definition) is 0. The third kappa shape index (κ3) is 4.41. The van der Waals surface area contributed by atoms with Crippen LogP contribution in [0.1, 0.15) is 44.0 Å². The molecule has 226 valence electrons. The predicted molar refractivity (Wildman–Crippen MR) is 196 cm³/mol. The molecule has 2 aromatic heterocycles. The van der Waals surface area contributed by atoms with Crippen LogP contribution in [0, 0.1) is 5.92 Å². The Morgan fingerprint density at radius 3 is 2.26 bits per heavy atom. The minimum absolute atomic E-state index is 0.0780. The number of rotatable bonds is 4. The molecule has 47 heavy (non-hydrogen) atoms. The van der Waals surface area contributed by atoms with Crippen LogP contribution in [0.5, 0.6) is 0 Å². The highest BCUT2D eigenvalue weighted by Crippen LogP contribution is 2.51. The van der Waals surface area contributed by atoms with E-state index >= 15 is 0 Å². The monoisotopic (exact) mass is 605 g/mol. The molecule has 3 heteroatoms. The van der Waals surface area contributed by atoms with Crippen LogP contribution in [-0.4, -0.2) is 14.5 Å². The molecule has 2 aliphatic rings. The Hall–Kier alpha value is -5.54. The van der Waals surface area contributed by atoms with Crippen LogP contribution in [0.15, 0.2) is 140 Å². The fourth-order valence-corrected chi connectivity index (χ4v) is 7.62. The molecular formula is C44H35N3. The molecule has 0 N–H and O–H groups in total. The highest BCUT2D eigenvalue weighted by molar-refractivity contribution is 6.11. The fourth-order valence-electron chi connectivity index (χ4n) is 7.62. The molecule has 0 bridgehead atoms. The van der Waals surface area contributed by atoms with Crippen molar-refractivity contribution in [3.63, 3.8) is 0 Å². The van der Waals surface area contributed by atoms with Crippen molar-refractivity contribution in [1.29, 1.82) is 0 Å². The largest absolute Gasteiger partial charge is 0.309 e. The average molecular weight is 606 g/mol. The standard InChI is InChI=1S/C44H35N3/c1-28-20-22-30(23-21-28)40-27-39(29-12-5-4-6-13-29)45-43(46-40)31-14-11-15-32(24-31)47-41-19-10-8-17-34(41)36-25-35-33-16-7-9-18-37(33)44(2,3)38(35)26-42(36)47/h4-20,22-28H,21H2,1-3H3. The van der Waals surface area contributed by atoms with Gasteiger partial charge in [-0.15, -0.1) is 0 Å². The van der Waals surface area contributed by atoms with Crippen molar-refractivity contribution >= 4 is 27.4 Å². The molecule has 7 aromatic rings. The van der Waals surface area contributed by atoms with Gasteiger partial charge >= 0.3 is 0 Å². The molecule has 0 amide bonds. The normalized spacial score (nSPS) is 16.3. The van der Waals surface area contributed by atoms with Crippen LogP contribution in [-0.2, 0) is 5.41 Å². The summed E-state index contributed by atoms with van der Waals surface area (Å²) in [5, 5.41) is 2.53. The fraction of sp³-hybridized carbons (Fsp3) is 0.136. The molecule has 9 rings (SSSR count). The Balaban J connectivity index is 1.24. The van der Waals surface area contributed by atoms with Crippen LogP contribution in [0.25, 0.3) is 66.8 Å². The maximum absolute atomic E-state index is 5.17. The Morgan fingerprint density at radius 2 is 1.40 bits per heavy atom. The van der Waals surface area contributed by atoms with Crippen molar-refractivity contribution in [1.82, 2.24) is 14.5 Å². The molecule has 0 fully saturated rings. The lowest BCUT2D eigenvalue weighted by atomic mass is 9.82. The number of aromatic nitrogens is 3. The van der Waals surface area contributed by atoms with Gasteiger partial charge in [-0.3, -0.25) is 0 Å². The van der Waals surface area contributed by atoms with Crippen molar-refractivity contribution in [2.75, 3.05) is 0 Å². The van der Waals surface area contributed by atoms with Gasteiger partial charge < -0.3 is 4.57 Å². The van der Waals surface area contributed by atoms with Gasteiger partial charge in [0.15, 0.2) is 5.82 Å². The van der Waals surface area contributed by atoms with Crippen molar-refractivity contribution in [3.05, 3.63) is 156 Å². The number of para-hydroxylation sites is 1. The number of fused-ring (bicyclic) bond motifs is 6. The van der Waals surface area contributed by atoms with Crippen molar-refractivity contribution in [2.24, 2.45) is 5.92 Å². The second-order valence-corrected chi connectivity index (χ2v) is 13.5. The van der Waals surface area contributed by atoms with Gasteiger partial charge in [-0.25, -0.2) is 9.97 Å². The van der Waals surface area contributed by atoms with E-state index in [0.717, 1.165) is 46.0 Å². The van der Waals surface area contributed by atoms with Crippen molar-refractivity contribution in [2.45, 2.75) is 32.6 Å². The second kappa shape index (κ2) is 10.5. The molecule has 1 unspecified atom stereocenters. The Bertz CT molecular complexity index is 2420. The molecule has 3 nitrogen and oxygen atoms in total. The van der Waals surface area contributed by atoms with Crippen LogP contribution in [0.2, 0.25) is 0 Å². The minimum atomic E-state index is -0.0780. The van der Waals surface area contributed by atoms with Crippen LogP contribution >= 0.6 is 0 Å². The van der Waals surface area contributed by atoms with E-state index in [4.69, 9.17) is 9.97 Å². The zero-order valence-corrected chi connectivity index (χ0v) is 26.9. The van der Waals surface area contributed by atoms with E-state index in [-0.39, 0.29) is 5.41 Å². The number of allylic oxidation sites excluding steroid dienone is 4. The average Bonchev–Trinajstić information content (AvgIpc) is 3.56. The summed E-state index contributed by atoms with van der Waals surface area (Å²) >= 11 is 0. The Morgan fingerprint density at radius 1 is 0.638 bits per heavy atom. The maximum Gasteiger partial charge on any atom is 0.160 e. The summed E-state index contributed by atoms with van der Waals surface area (Å²) in [6.45, 7) is 6.95. The first kappa shape index (κ1) is 27.7. The van der Waals surface area contributed by atoms with Crippen LogP contribution in [0.4, 0.5) is 0 Å². The van der Waals surface area contributed by atoms with E-state index < -0.39 is 0 Å². The first-order valence-corrected chi connectivity index (χ1v) is 16.6. The molecule has 5 aromatic carbocycles. The molecule has 0 spiro atoms. The van der Waals surface area contributed by atoms with E-state index in [1.54, 1.807) is 0 Å². The van der Waals surface area contributed by atoms with E-state index in [1.807, 2.05) is 6.07 Å². The van der Waals surface area contributed by atoms with E-state index in [2.05, 4.69) is 159 Å². The third-order valence-corrected chi connectivity index (χ3v) is 10.1. The SMILES string of the molecule is CC1C=CC(c2cc(-c3ccccc3)nc(-c3cccc(-n4c5ccccc5c5cc6c(cc54)C(C)(C)c4ccccc4-6)c3)n2)=CC1. The topological polar surface area (TPSA) is 30.7 Å². The first-order chi connectivity index (χ1) is 23.0. The summed E-state index contributed by atoms with van der Waals surface area (Å²) < 4.78 is 2.42. The number of hydrogen-bond acceptors (Lipinski definition) is 2. The summed E-state index contributed by atoms with van der Waals surface area (Å²) in [4.78, 5) is 10.3. The zero-order chi connectivity index (χ0) is 31.7. The zero-order valence-electron chi connectivity index (χ0n) is 26.9. The number of benzene rings is 5. The van der Waals surface area contributed by atoms with Crippen LogP contribution in [0.3, 0.4) is 0 Å². The molecule has 0 radical (unpaired) electrons. The molecule has 0 aliphatic heterocycles. The van der Waals surface area contributed by atoms with Crippen molar-refractivity contribution < 1.29 is 0 Å². The molecular weight excluding hydrogens is 571 g/mol. The highest BCUT2D eigenvalue weighted by Gasteiger charge is 2.36. The first-order valence-electron chi connectivity index (χ1n) is 16.6. The van der Waals surface area contributed by atoms with E-state index in [9.17, 15) is 0 Å². The summed E-state index contributed by atoms with van der Waals surface area (Å²) in [5.41, 5.74) is 14.0. The van der Waals surface area contributed by atoms with Gasteiger partial charge in [-0.1, -0.05) is 124 Å². The lowest BCUT2D eigenvalue weighted by Crippen LogP contribution is -2.14. The highest BCUT2D eigenvalue weighted by atomic mass is 15.0. The van der Waals surface area contributed by atoms with Gasteiger partial charge in [0, 0.05) is 33.0 Å². The molecule has 0 saturated carbocycles. The third-order valence-electron chi connectivity index (χ3n) is 10.1. The lowest BCUT2D eigenvalue weighted by Gasteiger charge is -2.21. The van der Waals surface area contributed by atoms with Gasteiger partial charge in [0.25, 0.3) is 0 Å². The second-order valence-electron chi connectivity index (χ2n) is 13.5. The minimum Gasteiger partial charge on any atom is -0.309 e. The van der Waals surface area contributed by atoms with Gasteiger partial charge in [-0.05, 0) is 76.6 Å². The molecule has 2 heterocycles. The summed E-state index contributed by atoms with van der Waals surface area (Å²) in [6.07, 6.45) is 7.81. The number of nitrogens with zero attached hydrogens (tertiary/aromatic N) is 3. The summed E-state index contributed by atoms with van der Waals surface area (Å²) in [5.74, 6) is 1.27. The molecule has 1 atom stereocenters. The van der Waals surface area contributed by atoms with Crippen molar-refractivity contribution in [3.8, 4) is 39.5 Å². The smallest absolute Gasteiger partial charge is 0.160 e. The van der Waals surface area contributed by atoms with Gasteiger partial charge in [0.05, 0.1) is 22.4 Å². The lowest BCUT2D eigenvalue weighted by molar-refractivity contribution is 0.661. The van der Waals surface area contributed by atoms with E-state index in [1.165, 1.54) is 44.1 Å². The Labute approximate surface area is 275 Å². The maximum atomic E-state index is 5.17. The molecule has 2 aliphatic carbocycles. The van der Waals surface area contributed by atoms with E-state index in [0.29, 0.717) is 5.92 Å². The predicted octanol–water partition coefficient (Wildman–Crippen LogP) is 11.2. The Kier molecular flexibility index (Phi) is 6.20. The summed E-state index contributed by atoms with van der Waals surface area (Å²) in [6, 6.07) is 43.8. The van der Waals surface area contributed by atoms with Crippen LogP contribution < -0.4 is 0 Å². The molecule has 0 saturated heterocycles. The van der Waals surface area contributed by atoms with Gasteiger partial charge in [0.2, 0.25) is 0 Å².